The lowest BCUT2D eigenvalue weighted by Gasteiger charge is -2.34. The Morgan fingerprint density at radius 3 is 1.44 bits per heavy atom. The fraction of sp³-hybridized carbons (Fsp3) is 0.556. The third-order valence-electron chi connectivity index (χ3n) is 3.95. The van der Waals surface area contributed by atoms with Crippen molar-refractivity contribution in [2.75, 3.05) is 11.5 Å². The molecule has 2 rings (SSSR count). The first kappa shape index (κ1) is 22.5. The van der Waals surface area contributed by atoms with E-state index in [0.29, 0.717) is 0 Å². The van der Waals surface area contributed by atoms with E-state index in [1.54, 1.807) is 48.3 Å². The van der Waals surface area contributed by atoms with Gasteiger partial charge in [-0.1, -0.05) is 23.5 Å². The molecule has 0 amide bonds. The summed E-state index contributed by atoms with van der Waals surface area (Å²) in [6.45, 7) is 9.44. The van der Waals surface area contributed by atoms with E-state index in [1.807, 2.05) is 12.1 Å². The lowest BCUT2D eigenvalue weighted by molar-refractivity contribution is 0.534. The molecule has 0 fully saturated rings. The summed E-state index contributed by atoms with van der Waals surface area (Å²) in [6.07, 6.45) is 9.52. The van der Waals surface area contributed by atoms with Gasteiger partial charge in [0.2, 0.25) is 0 Å². The predicted molar refractivity (Wildman–Crippen MR) is 120 cm³/mol. The standard InChI is InChI=1S/C18H30N4OS2Si2/c1-26(2,15-7-13-24-17-19-9-5-10-20-17)23-27(3,4)16-8-14-25-18-21-11-6-12-22-18/h5-6,9-12H,7-8,13-16H2,1-4H3. The molecule has 0 saturated heterocycles. The monoisotopic (exact) mass is 438 g/mol. The summed E-state index contributed by atoms with van der Waals surface area (Å²) in [5, 5.41) is 1.74. The van der Waals surface area contributed by atoms with E-state index in [4.69, 9.17) is 4.12 Å². The Hall–Kier alpha value is -0.746. The maximum absolute atomic E-state index is 6.73. The zero-order valence-corrected chi connectivity index (χ0v) is 20.4. The summed E-state index contributed by atoms with van der Waals surface area (Å²) < 4.78 is 6.73. The number of thioether (sulfide) groups is 2. The van der Waals surface area contributed by atoms with E-state index in [-0.39, 0.29) is 0 Å². The first-order valence-electron chi connectivity index (χ1n) is 9.36. The molecule has 27 heavy (non-hydrogen) atoms. The van der Waals surface area contributed by atoms with Crippen molar-refractivity contribution in [3.05, 3.63) is 36.9 Å². The number of rotatable bonds is 12. The van der Waals surface area contributed by atoms with Crippen LogP contribution in [0.2, 0.25) is 38.3 Å². The molecule has 9 heteroatoms. The second-order valence-electron chi connectivity index (χ2n) is 7.59. The normalized spacial score (nSPS) is 12.3. The first-order valence-corrected chi connectivity index (χ1v) is 17.6. The molecular weight excluding hydrogens is 409 g/mol. The van der Waals surface area contributed by atoms with Crippen LogP contribution in [-0.4, -0.2) is 48.1 Å². The van der Waals surface area contributed by atoms with Crippen molar-refractivity contribution in [3.63, 3.8) is 0 Å². The van der Waals surface area contributed by atoms with Crippen LogP contribution in [-0.2, 0) is 4.12 Å². The molecule has 148 valence electrons. The van der Waals surface area contributed by atoms with Gasteiger partial charge in [-0.15, -0.1) is 0 Å². The average molecular weight is 439 g/mol. The molecule has 0 bridgehead atoms. The van der Waals surface area contributed by atoms with E-state index in [0.717, 1.165) is 34.7 Å². The minimum absolute atomic E-state index is 0.868. The van der Waals surface area contributed by atoms with E-state index < -0.39 is 16.6 Å². The summed E-state index contributed by atoms with van der Waals surface area (Å²) in [5.41, 5.74) is 0. The molecule has 2 aromatic heterocycles. The summed E-state index contributed by atoms with van der Waals surface area (Å²) in [4.78, 5) is 17.1. The van der Waals surface area contributed by atoms with Crippen molar-refractivity contribution in [2.24, 2.45) is 0 Å². The Bertz CT molecular complexity index is 605. The van der Waals surface area contributed by atoms with Gasteiger partial charge in [0.15, 0.2) is 26.9 Å². The molecule has 2 heterocycles. The highest BCUT2D eigenvalue weighted by atomic mass is 32.2. The van der Waals surface area contributed by atoms with Crippen molar-refractivity contribution in [2.45, 2.75) is 61.4 Å². The SMILES string of the molecule is C[Si](C)(CCCSc1ncccn1)O[Si](C)(C)CCCSc1ncccn1. The van der Waals surface area contributed by atoms with Crippen LogP contribution in [0, 0.1) is 0 Å². The molecule has 0 aliphatic heterocycles. The van der Waals surface area contributed by atoms with E-state index in [2.05, 4.69) is 46.1 Å². The molecule has 5 nitrogen and oxygen atoms in total. The number of hydrogen-bond donors (Lipinski definition) is 0. The Morgan fingerprint density at radius 2 is 1.07 bits per heavy atom. The van der Waals surface area contributed by atoms with Gasteiger partial charge in [0.25, 0.3) is 0 Å². The number of nitrogens with zero attached hydrogens (tertiary/aromatic N) is 4. The Balaban J connectivity index is 1.64. The van der Waals surface area contributed by atoms with Crippen molar-refractivity contribution in [1.82, 2.24) is 19.9 Å². The fourth-order valence-electron chi connectivity index (χ4n) is 2.89. The van der Waals surface area contributed by atoms with E-state index in [9.17, 15) is 0 Å². The minimum Gasteiger partial charge on any atom is -0.455 e. The van der Waals surface area contributed by atoms with Crippen molar-refractivity contribution < 1.29 is 4.12 Å². The van der Waals surface area contributed by atoms with Gasteiger partial charge in [-0.05, 0) is 63.3 Å². The van der Waals surface area contributed by atoms with E-state index in [1.165, 1.54) is 12.1 Å². The topological polar surface area (TPSA) is 60.8 Å². The highest BCUT2D eigenvalue weighted by Gasteiger charge is 2.32. The maximum atomic E-state index is 6.73. The van der Waals surface area contributed by atoms with Crippen LogP contribution in [0.3, 0.4) is 0 Å². The van der Waals surface area contributed by atoms with Gasteiger partial charge < -0.3 is 4.12 Å². The van der Waals surface area contributed by atoms with Crippen LogP contribution in [0.15, 0.2) is 47.2 Å². The zero-order valence-electron chi connectivity index (χ0n) is 16.7. The van der Waals surface area contributed by atoms with Crippen LogP contribution in [0.1, 0.15) is 12.8 Å². The summed E-state index contributed by atoms with van der Waals surface area (Å²) in [7, 11) is -3.25. The predicted octanol–water partition coefficient (Wildman–Crippen LogP) is 5.36. The van der Waals surface area contributed by atoms with Gasteiger partial charge in [-0.2, -0.15) is 0 Å². The molecule has 0 radical (unpaired) electrons. The Morgan fingerprint density at radius 1 is 0.704 bits per heavy atom. The largest absolute Gasteiger partial charge is 0.455 e. The molecule has 0 N–H and O–H groups in total. The Labute approximate surface area is 173 Å². The minimum atomic E-state index is -1.62. The molecular formula is C18H30N4OS2Si2. The van der Waals surface area contributed by atoms with Crippen LogP contribution >= 0.6 is 23.5 Å². The van der Waals surface area contributed by atoms with Crippen LogP contribution in [0.25, 0.3) is 0 Å². The average Bonchev–Trinajstić information content (AvgIpc) is 2.63. The smallest absolute Gasteiger partial charge is 0.187 e. The second-order valence-corrected chi connectivity index (χ2v) is 18.6. The lowest BCUT2D eigenvalue weighted by Crippen LogP contribution is -2.44. The zero-order chi connectivity index (χ0) is 19.6. The molecule has 0 unspecified atom stereocenters. The molecule has 0 aliphatic carbocycles. The van der Waals surface area contributed by atoms with E-state index >= 15 is 0 Å². The summed E-state index contributed by atoms with van der Waals surface area (Å²) in [6, 6.07) is 6.09. The first-order chi connectivity index (χ1) is 12.9. The molecule has 2 aromatic rings. The van der Waals surface area contributed by atoms with Crippen LogP contribution < -0.4 is 0 Å². The third-order valence-corrected chi connectivity index (χ3v) is 13.4. The van der Waals surface area contributed by atoms with Gasteiger partial charge in [-0.3, -0.25) is 0 Å². The van der Waals surface area contributed by atoms with Gasteiger partial charge >= 0.3 is 0 Å². The molecule has 0 aromatic carbocycles. The maximum Gasteiger partial charge on any atom is 0.187 e. The third kappa shape index (κ3) is 9.84. The highest BCUT2D eigenvalue weighted by Crippen LogP contribution is 2.26. The van der Waals surface area contributed by atoms with Gasteiger partial charge in [0, 0.05) is 36.3 Å². The molecule has 0 aliphatic rings. The quantitative estimate of drug-likeness (QED) is 0.191. The lowest BCUT2D eigenvalue weighted by atomic mass is 10.6. The fourth-order valence-corrected chi connectivity index (χ4v) is 13.7. The molecule has 0 spiro atoms. The van der Waals surface area contributed by atoms with Gasteiger partial charge in [0.05, 0.1) is 0 Å². The van der Waals surface area contributed by atoms with Crippen molar-refractivity contribution in [1.29, 1.82) is 0 Å². The van der Waals surface area contributed by atoms with Crippen molar-refractivity contribution in [3.8, 4) is 0 Å². The molecule has 0 saturated carbocycles. The van der Waals surface area contributed by atoms with Crippen molar-refractivity contribution >= 4 is 40.2 Å². The number of aromatic nitrogens is 4. The summed E-state index contributed by atoms with van der Waals surface area (Å²) in [5.74, 6) is 2.11. The van der Waals surface area contributed by atoms with Crippen LogP contribution in [0.5, 0.6) is 0 Å². The highest BCUT2D eigenvalue weighted by molar-refractivity contribution is 7.99. The van der Waals surface area contributed by atoms with Crippen LogP contribution in [0.4, 0.5) is 0 Å². The van der Waals surface area contributed by atoms with Gasteiger partial charge in [0.1, 0.15) is 0 Å². The van der Waals surface area contributed by atoms with Gasteiger partial charge in [-0.25, -0.2) is 19.9 Å². The Kier molecular flexibility index (Phi) is 9.44. The second kappa shape index (κ2) is 11.3. The summed E-state index contributed by atoms with van der Waals surface area (Å²) >= 11 is 3.47. The molecule has 0 atom stereocenters. The number of hydrogen-bond acceptors (Lipinski definition) is 7.